The fourth-order valence-electron chi connectivity index (χ4n) is 4.68. The molecular formula is C21H25N5O. The summed E-state index contributed by atoms with van der Waals surface area (Å²) in [5, 5.41) is 3.50. The molecule has 1 saturated heterocycles. The second-order valence-electron chi connectivity index (χ2n) is 8.01. The topological polar surface area (TPSA) is 54.6 Å². The standard InChI is InChI=1S/C21H25N5O/c1-24(14-18-11-23-20-4-2-3-7-25(18)20)13-16-5-6-19-17-8-15(9-22-10-17)12-26(19)21(16)27/h2-7,11,15,17,22H,8-10,12-14H2,1H3/t15-,17+/m0/s1. The lowest BCUT2D eigenvalue weighted by atomic mass is 9.84. The number of hydrogen-bond donors (Lipinski definition) is 1. The first-order valence-electron chi connectivity index (χ1n) is 9.72. The molecule has 0 aromatic carbocycles. The zero-order valence-corrected chi connectivity index (χ0v) is 15.6. The highest BCUT2D eigenvalue weighted by molar-refractivity contribution is 5.39. The smallest absolute Gasteiger partial charge is 0.255 e. The van der Waals surface area contributed by atoms with Crippen LogP contribution in [-0.2, 0) is 19.6 Å². The van der Waals surface area contributed by atoms with Crippen LogP contribution in [0.4, 0.5) is 0 Å². The van der Waals surface area contributed by atoms with E-state index in [-0.39, 0.29) is 5.56 Å². The van der Waals surface area contributed by atoms with Crippen molar-refractivity contribution < 1.29 is 0 Å². The number of fused-ring (bicyclic) bond motifs is 5. The molecule has 2 atom stereocenters. The Kier molecular flexibility index (Phi) is 4.10. The highest BCUT2D eigenvalue weighted by Gasteiger charge is 2.31. The molecule has 27 heavy (non-hydrogen) atoms. The van der Waals surface area contributed by atoms with Crippen molar-refractivity contribution >= 4 is 5.65 Å². The van der Waals surface area contributed by atoms with E-state index in [9.17, 15) is 4.79 Å². The first-order chi connectivity index (χ1) is 13.2. The van der Waals surface area contributed by atoms with Crippen LogP contribution in [-0.4, -0.2) is 39.0 Å². The van der Waals surface area contributed by atoms with E-state index in [1.165, 1.54) is 12.1 Å². The maximum atomic E-state index is 13.1. The van der Waals surface area contributed by atoms with Gasteiger partial charge in [-0.25, -0.2) is 4.98 Å². The largest absolute Gasteiger partial charge is 0.316 e. The summed E-state index contributed by atoms with van der Waals surface area (Å²) < 4.78 is 4.14. The highest BCUT2D eigenvalue weighted by Crippen LogP contribution is 2.31. The fourth-order valence-corrected chi connectivity index (χ4v) is 4.68. The minimum absolute atomic E-state index is 0.189. The predicted octanol–water partition coefficient (Wildman–Crippen LogP) is 1.83. The number of nitrogens with zero attached hydrogens (tertiary/aromatic N) is 4. The molecule has 140 valence electrons. The Labute approximate surface area is 158 Å². The molecule has 3 aromatic heterocycles. The summed E-state index contributed by atoms with van der Waals surface area (Å²) in [6, 6.07) is 10.2. The predicted molar refractivity (Wildman–Crippen MR) is 105 cm³/mol. The van der Waals surface area contributed by atoms with Crippen LogP contribution in [0.1, 0.15) is 29.3 Å². The van der Waals surface area contributed by atoms with E-state index in [1.54, 1.807) is 0 Å². The van der Waals surface area contributed by atoms with Gasteiger partial charge in [-0.2, -0.15) is 0 Å². The lowest BCUT2D eigenvalue weighted by Gasteiger charge is -2.37. The Morgan fingerprint density at radius 2 is 2.15 bits per heavy atom. The fraction of sp³-hybridized carbons (Fsp3) is 0.429. The van der Waals surface area contributed by atoms with Crippen molar-refractivity contribution in [1.82, 2.24) is 24.2 Å². The van der Waals surface area contributed by atoms with Gasteiger partial charge in [-0.15, -0.1) is 0 Å². The summed E-state index contributed by atoms with van der Waals surface area (Å²) >= 11 is 0. The van der Waals surface area contributed by atoms with Crippen LogP contribution < -0.4 is 10.9 Å². The Bertz CT molecular complexity index is 1040. The van der Waals surface area contributed by atoms with Crippen LogP contribution in [0, 0.1) is 5.92 Å². The summed E-state index contributed by atoms with van der Waals surface area (Å²) in [4.78, 5) is 19.7. The third-order valence-corrected chi connectivity index (χ3v) is 5.95. The zero-order valence-electron chi connectivity index (χ0n) is 15.6. The molecule has 6 nitrogen and oxygen atoms in total. The molecule has 5 rings (SSSR count). The lowest BCUT2D eigenvalue weighted by molar-refractivity contribution is 0.254. The number of hydrogen-bond acceptors (Lipinski definition) is 4. The number of piperidine rings is 1. The van der Waals surface area contributed by atoms with Gasteiger partial charge in [-0.1, -0.05) is 12.1 Å². The number of imidazole rings is 1. The average molecular weight is 363 g/mol. The van der Waals surface area contributed by atoms with Crippen molar-refractivity contribution in [2.75, 3.05) is 20.1 Å². The molecule has 0 aliphatic carbocycles. The average Bonchev–Trinajstić information content (AvgIpc) is 3.08. The number of pyridine rings is 2. The molecule has 2 aliphatic heterocycles. The van der Waals surface area contributed by atoms with E-state index in [1.807, 2.05) is 41.2 Å². The van der Waals surface area contributed by atoms with Crippen molar-refractivity contribution in [3.63, 3.8) is 0 Å². The zero-order chi connectivity index (χ0) is 18.4. The molecule has 0 amide bonds. The third-order valence-electron chi connectivity index (χ3n) is 5.95. The van der Waals surface area contributed by atoms with Crippen LogP contribution in [0.3, 0.4) is 0 Å². The van der Waals surface area contributed by atoms with E-state index in [0.29, 0.717) is 18.4 Å². The molecule has 2 bridgehead atoms. The molecule has 0 saturated carbocycles. The number of nitrogens with one attached hydrogen (secondary N) is 1. The second-order valence-corrected chi connectivity index (χ2v) is 8.01. The quantitative estimate of drug-likeness (QED) is 0.768. The number of rotatable bonds is 4. The van der Waals surface area contributed by atoms with E-state index in [0.717, 1.165) is 43.1 Å². The minimum Gasteiger partial charge on any atom is -0.316 e. The van der Waals surface area contributed by atoms with Gasteiger partial charge in [0.15, 0.2) is 0 Å². The van der Waals surface area contributed by atoms with Gasteiger partial charge >= 0.3 is 0 Å². The molecule has 6 heteroatoms. The summed E-state index contributed by atoms with van der Waals surface area (Å²) in [6.07, 6.45) is 5.16. The van der Waals surface area contributed by atoms with Crippen LogP contribution in [0.5, 0.6) is 0 Å². The monoisotopic (exact) mass is 363 g/mol. The molecule has 2 aliphatic rings. The molecule has 0 spiro atoms. The van der Waals surface area contributed by atoms with Gasteiger partial charge in [0.2, 0.25) is 0 Å². The maximum Gasteiger partial charge on any atom is 0.255 e. The van der Waals surface area contributed by atoms with Gasteiger partial charge in [0.1, 0.15) is 5.65 Å². The summed E-state index contributed by atoms with van der Waals surface area (Å²) in [5.74, 6) is 1.07. The van der Waals surface area contributed by atoms with Crippen LogP contribution in [0.15, 0.2) is 47.5 Å². The van der Waals surface area contributed by atoms with E-state index in [4.69, 9.17) is 0 Å². The Balaban J connectivity index is 1.38. The van der Waals surface area contributed by atoms with E-state index < -0.39 is 0 Å². The Hall–Kier alpha value is -2.44. The molecule has 3 aromatic rings. The van der Waals surface area contributed by atoms with E-state index in [2.05, 4.69) is 32.7 Å². The highest BCUT2D eigenvalue weighted by atomic mass is 16.1. The lowest BCUT2D eigenvalue weighted by Crippen LogP contribution is -2.45. The van der Waals surface area contributed by atoms with E-state index >= 15 is 0 Å². The Morgan fingerprint density at radius 3 is 3.07 bits per heavy atom. The second kappa shape index (κ2) is 6.62. The van der Waals surface area contributed by atoms with Crippen molar-refractivity contribution in [3.05, 3.63) is 70.0 Å². The SMILES string of the molecule is CN(Cc1ccc2n(c1=O)C[C@@H]1CNC[C@H]2C1)Cc1cnc2ccccn12. The van der Waals surface area contributed by atoms with Gasteiger partial charge < -0.3 is 14.3 Å². The van der Waals surface area contributed by atoms with Gasteiger partial charge in [-0.05, 0) is 44.1 Å². The summed E-state index contributed by atoms with van der Waals surface area (Å²) in [6.45, 7) is 4.26. The molecule has 0 unspecified atom stereocenters. The third kappa shape index (κ3) is 2.99. The van der Waals surface area contributed by atoms with Crippen LogP contribution >= 0.6 is 0 Å². The first-order valence-corrected chi connectivity index (χ1v) is 9.72. The van der Waals surface area contributed by atoms with Gasteiger partial charge in [-0.3, -0.25) is 9.69 Å². The molecule has 1 fully saturated rings. The van der Waals surface area contributed by atoms with Gasteiger partial charge in [0.25, 0.3) is 5.56 Å². The van der Waals surface area contributed by atoms with Crippen LogP contribution in [0.25, 0.3) is 5.65 Å². The van der Waals surface area contributed by atoms with Gasteiger partial charge in [0, 0.05) is 49.6 Å². The van der Waals surface area contributed by atoms with Crippen molar-refractivity contribution in [3.8, 4) is 0 Å². The van der Waals surface area contributed by atoms with Crippen molar-refractivity contribution in [2.45, 2.75) is 32.0 Å². The molecular weight excluding hydrogens is 338 g/mol. The first kappa shape index (κ1) is 16.7. The molecule has 5 heterocycles. The summed E-state index contributed by atoms with van der Waals surface area (Å²) in [7, 11) is 2.06. The normalized spacial score (nSPS) is 21.6. The summed E-state index contributed by atoms with van der Waals surface area (Å²) in [5.41, 5.74) is 4.36. The van der Waals surface area contributed by atoms with Crippen LogP contribution in [0.2, 0.25) is 0 Å². The minimum atomic E-state index is 0.189. The maximum absolute atomic E-state index is 13.1. The Morgan fingerprint density at radius 1 is 1.22 bits per heavy atom. The number of aromatic nitrogens is 3. The molecule has 1 N–H and O–H groups in total. The van der Waals surface area contributed by atoms with Crippen molar-refractivity contribution in [2.24, 2.45) is 5.92 Å². The van der Waals surface area contributed by atoms with Crippen molar-refractivity contribution in [1.29, 1.82) is 0 Å². The van der Waals surface area contributed by atoms with Gasteiger partial charge in [0.05, 0.1) is 11.9 Å². The molecule has 0 radical (unpaired) electrons.